The number of nitrogens with one attached hydrogen (secondary N) is 1. The van der Waals surface area contributed by atoms with Gasteiger partial charge in [0, 0.05) is 22.8 Å². The van der Waals surface area contributed by atoms with Crippen LogP contribution in [0.4, 0.5) is 0 Å². The maximum absolute atomic E-state index is 12.6. The van der Waals surface area contributed by atoms with Crippen molar-refractivity contribution in [3.63, 3.8) is 0 Å². The molecule has 1 N–H and O–H groups in total. The maximum atomic E-state index is 12.6. The standard InChI is InChI=1S/C17H15Cl2N3O/c1-10-3-6-15-21-11(2)16(22(15)9-10)17(23)20-8-12-4-5-13(18)7-14(12)19/h3-7,9H,8H2,1-2H3,(H,20,23). The van der Waals surface area contributed by atoms with Gasteiger partial charge in [0.25, 0.3) is 5.91 Å². The first-order chi connectivity index (χ1) is 11.0. The van der Waals surface area contributed by atoms with E-state index in [4.69, 9.17) is 23.2 Å². The van der Waals surface area contributed by atoms with E-state index < -0.39 is 0 Å². The largest absolute Gasteiger partial charge is 0.347 e. The quantitative estimate of drug-likeness (QED) is 0.772. The topological polar surface area (TPSA) is 46.4 Å². The smallest absolute Gasteiger partial charge is 0.270 e. The number of fused-ring (bicyclic) bond motifs is 1. The van der Waals surface area contributed by atoms with Crippen molar-refractivity contribution in [2.75, 3.05) is 0 Å². The third-order valence-corrected chi connectivity index (χ3v) is 4.20. The molecule has 0 aliphatic rings. The van der Waals surface area contributed by atoms with Crippen LogP contribution in [0.15, 0.2) is 36.5 Å². The molecule has 3 aromatic rings. The lowest BCUT2D eigenvalue weighted by Gasteiger charge is -2.08. The first-order valence-electron chi connectivity index (χ1n) is 7.13. The second-order valence-electron chi connectivity index (χ2n) is 5.40. The van der Waals surface area contributed by atoms with Crippen LogP contribution in [0.2, 0.25) is 10.0 Å². The number of hydrogen-bond acceptors (Lipinski definition) is 2. The average Bonchev–Trinajstić information content (AvgIpc) is 2.81. The van der Waals surface area contributed by atoms with Crippen LogP contribution < -0.4 is 5.32 Å². The Morgan fingerprint density at radius 2 is 2.00 bits per heavy atom. The monoisotopic (exact) mass is 347 g/mol. The number of carbonyl (C=O) groups is 1. The number of aryl methyl sites for hydroxylation is 2. The molecule has 0 unspecified atom stereocenters. The van der Waals surface area contributed by atoms with E-state index in [1.807, 2.05) is 36.6 Å². The molecule has 0 aliphatic carbocycles. The van der Waals surface area contributed by atoms with Gasteiger partial charge >= 0.3 is 0 Å². The van der Waals surface area contributed by atoms with Gasteiger partial charge in [-0.25, -0.2) is 4.98 Å². The Hall–Kier alpha value is -2.04. The van der Waals surface area contributed by atoms with E-state index >= 15 is 0 Å². The summed E-state index contributed by atoms with van der Waals surface area (Å²) in [5.74, 6) is -0.188. The molecule has 2 heterocycles. The number of benzene rings is 1. The normalized spacial score (nSPS) is 11.0. The minimum absolute atomic E-state index is 0.188. The van der Waals surface area contributed by atoms with Gasteiger partial charge in [-0.1, -0.05) is 35.3 Å². The molecule has 4 nitrogen and oxygen atoms in total. The first kappa shape index (κ1) is 15.8. The van der Waals surface area contributed by atoms with E-state index in [9.17, 15) is 4.79 Å². The number of rotatable bonds is 3. The van der Waals surface area contributed by atoms with Crippen LogP contribution in [0.5, 0.6) is 0 Å². The van der Waals surface area contributed by atoms with Crippen molar-refractivity contribution in [3.8, 4) is 0 Å². The van der Waals surface area contributed by atoms with Gasteiger partial charge in [-0.15, -0.1) is 0 Å². The van der Waals surface area contributed by atoms with Crippen LogP contribution in [-0.2, 0) is 6.54 Å². The number of nitrogens with zero attached hydrogens (tertiary/aromatic N) is 2. The van der Waals surface area contributed by atoms with Crippen LogP contribution >= 0.6 is 23.2 Å². The lowest BCUT2D eigenvalue weighted by Crippen LogP contribution is -2.25. The fraction of sp³-hybridized carbons (Fsp3) is 0.176. The highest BCUT2D eigenvalue weighted by molar-refractivity contribution is 6.35. The van der Waals surface area contributed by atoms with Crippen molar-refractivity contribution in [2.45, 2.75) is 20.4 Å². The third kappa shape index (κ3) is 3.19. The summed E-state index contributed by atoms with van der Waals surface area (Å²) < 4.78 is 1.81. The van der Waals surface area contributed by atoms with Crippen LogP contribution in [0.25, 0.3) is 5.65 Å². The fourth-order valence-corrected chi connectivity index (χ4v) is 2.94. The first-order valence-corrected chi connectivity index (χ1v) is 7.89. The molecule has 23 heavy (non-hydrogen) atoms. The van der Waals surface area contributed by atoms with Crippen molar-refractivity contribution in [2.24, 2.45) is 0 Å². The summed E-state index contributed by atoms with van der Waals surface area (Å²) in [6.45, 7) is 4.13. The second kappa shape index (κ2) is 6.22. The van der Waals surface area contributed by atoms with Gasteiger partial charge in [0.1, 0.15) is 11.3 Å². The molecule has 0 aliphatic heterocycles. The van der Waals surface area contributed by atoms with E-state index in [-0.39, 0.29) is 5.91 Å². The Labute approximate surface area is 144 Å². The number of amides is 1. The van der Waals surface area contributed by atoms with E-state index in [1.165, 1.54) is 0 Å². The Bertz CT molecular complexity index is 902. The van der Waals surface area contributed by atoms with Crippen molar-refractivity contribution in [3.05, 3.63) is 69.1 Å². The van der Waals surface area contributed by atoms with Crippen LogP contribution in [0.1, 0.15) is 27.3 Å². The van der Waals surface area contributed by atoms with Crippen molar-refractivity contribution >= 4 is 34.8 Å². The van der Waals surface area contributed by atoms with Crippen LogP contribution in [0.3, 0.4) is 0 Å². The molecule has 0 saturated heterocycles. The minimum Gasteiger partial charge on any atom is -0.347 e. The average molecular weight is 348 g/mol. The summed E-state index contributed by atoms with van der Waals surface area (Å²) in [6.07, 6.45) is 1.90. The minimum atomic E-state index is -0.188. The maximum Gasteiger partial charge on any atom is 0.270 e. The molecule has 118 valence electrons. The Balaban J connectivity index is 1.86. The van der Waals surface area contributed by atoms with Gasteiger partial charge in [-0.3, -0.25) is 9.20 Å². The number of pyridine rings is 1. The number of aromatic nitrogens is 2. The van der Waals surface area contributed by atoms with Gasteiger partial charge in [-0.05, 0) is 43.2 Å². The van der Waals surface area contributed by atoms with Crippen molar-refractivity contribution in [1.29, 1.82) is 0 Å². The van der Waals surface area contributed by atoms with Gasteiger partial charge in [0.05, 0.1) is 5.69 Å². The van der Waals surface area contributed by atoms with E-state index in [2.05, 4.69) is 10.3 Å². The SMILES string of the molecule is Cc1ccc2nc(C)c(C(=O)NCc3ccc(Cl)cc3Cl)n2c1. The predicted molar refractivity (Wildman–Crippen MR) is 92.3 cm³/mol. The van der Waals surface area contributed by atoms with Gasteiger partial charge < -0.3 is 5.32 Å². The zero-order valence-corrected chi connectivity index (χ0v) is 14.2. The lowest BCUT2D eigenvalue weighted by molar-refractivity contribution is 0.0944. The molecule has 0 spiro atoms. The summed E-state index contributed by atoms with van der Waals surface area (Å²) in [6, 6.07) is 9.08. The third-order valence-electron chi connectivity index (χ3n) is 3.61. The van der Waals surface area contributed by atoms with E-state index in [0.29, 0.717) is 28.0 Å². The van der Waals surface area contributed by atoms with Crippen LogP contribution in [0, 0.1) is 13.8 Å². The Kier molecular flexibility index (Phi) is 4.28. The molecule has 6 heteroatoms. The molecule has 0 saturated carbocycles. The zero-order valence-electron chi connectivity index (χ0n) is 12.7. The van der Waals surface area contributed by atoms with Crippen molar-refractivity contribution < 1.29 is 4.79 Å². The highest BCUT2D eigenvalue weighted by atomic mass is 35.5. The summed E-state index contributed by atoms with van der Waals surface area (Å²) in [4.78, 5) is 17.0. The molecular formula is C17H15Cl2N3O. The van der Waals surface area contributed by atoms with Crippen LogP contribution in [-0.4, -0.2) is 15.3 Å². The molecule has 0 atom stereocenters. The molecule has 3 rings (SSSR count). The molecule has 1 aromatic carbocycles. The second-order valence-corrected chi connectivity index (χ2v) is 6.24. The Morgan fingerprint density at radius 1 is 1.22 bits per heavy atom. The van der Waals surface area contributed by atoms with Gasteiger partial charge in [0.2, 0.25) is 0 Å². The molecule has 2 aromatic heterocycles. The van der Waals surface area contributed by atoms with E-state index in [1.54, 1.807) is 18.2 Å². The van der Waals surface area contributed by atoms with Gasteiger partial charge in [-0.2, -0.15) is 0 Å². The molecule has 0 radical (unpaired) electrons. The summed E-state index contributed by atoms with van der Waals surface area (Å²) >= 11 is 12.0. The van der Waals surface area contributed by atoms with E-state index in [0.717, 1.165) is 16.8 Å². The molecule has 1 amide bonds. The predicted octanol–water partition coefficient (Wildman–Crippen LogP) is 4.19. The number of hydrogen-bond donors (Lipinski definition) is 1. The summed E-state index contributed by atoms with van der Waals surface area (Å²) in [7, 11) is 0. The number of imidazole rings is 1. The highest BCUT2D eigenvalue weighted by Crippen LogP contribution is 2.21. The Morgan fingerprint density at radius 3 is 2.74 bits per heavy atom. The highest BCUT2D eigenvalue weighted by Gasteiger charge is 2.16. The molecular weight excluding hydrogens is 333 g/mol. The van der Waals surface area contributed by atoms with Gasteiger partial charge in [0.15, 0.2) is 0 Å². The summed E-state index contributed by atoms with van der Waals surface area (Å²) in [5, 5.41) is 3.99. The molecule has 0 fully saturated rings. The lowest BCUT2D eigenvalue weighted by atomic mass is 10.2. The zero-order chi connectivity index (χ0) is 16.6. The van der Waals surface area contributed by atoms with Crippen molar-refractivity contribution in [1.82, 2.24) is 14.7 Å². The molecule has 0 bridgehead atoms. The number of halogens is 2. The fourth-order valence-electron chi connectivity index (χ4n) is 2.47. The summed E-state index contributed by atoms with van der Waals surface area (Å²) in [5.41, 5.74) is 3.85. The number of carbonyl (C=O) groups excluding carboxylic acids is 1.